The molecule has 2 heterocycles. The zero-order chi connectivity index (χ0) is 22.1. The minimum absolute atomic E-state index is 0.193. The van der Waals surface area contributed by atoms with E-state index in [1.807, 2.05) is 50.2 Å². The van der Waals surface area contributed by atoms with Crippen molar-refractivity contribution in [2.75, 3.05) is 6.61 Å². The third-order valence-electron chi connectivity index (χ3n) is 6.03. The number of aromatic nitrogens is 1. The van der Waals surface area contributed by atoms with Gasteiger partial charge in [-0.15, -0.1) is 11.3 Å². The summed E-state index contributed by atoms with van der Waals surface area (Å²) in [5.41, 5.74) is 4.64. The SMILES string of the molecule is Cc1cc(C(=O)COC(=O)c2cc3c(s2)CC[C@@H](C)C3)c(C)n1Cc1ccccc1Cl. The molecule has 4 rings (SSSR count). The van der Waals surface area contributed by atoms with Crippen LogP contribution in [0.1, 0.15) is 60.8 Å². The first-order chi connectivity index (χ1) is 14.8. The predicted octanol–water partition coefficient (Wildman–Crippen LogP) is 6.03. The summed E-state index contributed by atoms with van der Waals surface area (Å²) in [5, 5.41) is 0.699. The van der Waals surface area contributed by atoms with Crippen LogP contribution in [0.3, 0.4) is 0 Å². The largest absolute Gasteiger partial charge is 0.453 e. The van der Waals surface area contributed by atoms with Crippen LogP contribution in [0.5, 0.6) is 0 Å². The van der Waals surface area contributed by atoms with Crippen LogP contribution >= 0.6 is 22.9 Å². The Morgan fingerprint density at radius 2 is 2.00 bits per heavy atom. The van der Waals surface area contributed by atoms with Gasteiger partial charge in [0.1, 0.15) is 4.88 Å². The van der Waals surface area contributed by atoms with E-state index >= 15 is 0 Å². The number of Topliss-reactive ketones (excluding diaryl/α,β-unsaturated/α-hetero) is 1. The van der Waals surface area contributed by atoms with Crippen molar-refractivity contribution >= 4 is 34.7 Å². The minimum atomic E-state index is -0.412. The van der Waals surface area contributed by atoms with Crippen molar-refractivity contribution in [2.24, 2.45) is 5.92 Å². The molecule has 0 bridgehead atoms. The molecule has 0 amide bonds. The molecule has 0 fully saturated rings. The number of benzene rings is 1. The lowest BCUT2D eigenvalue weighted by atomic mass is 9.90. The molecule has 0 saturated heterocycles. The minimum Gasteiger partial charge on any atom is -0.453 e. The topological polar surface area (TPSA) is 48.3 Å². The normalized spacial score (nSPS) is 15.5. The molecule has 0 saturated carbocycles. The zero-order valence-electron chi connectivity index (χ0n) is 18.0. The van der Waals surface area contributed by atoms with Gasteiger partial charge in [0, 0.05) is 33.4 Å². The highest BCUT2D eigenvalue weighted by molar-refractivity contribution is 7.14. The quantitative estimate of drug-likeness (QED) is 0.336. The average molecular weight is 456 g/mol. The molecule has 0 radical (unpaired) electrons. The second kappa shape index (κ2) is 9.01. The van der Waals surface area contributed by atoms with Gasteiger partial charge in [-0.05, 0) is 68.4 Å². The number of hydrogen-bond acceptors (Lipinski definition) is 4. The van der Waals surface area contributed by atoms with Crippen LogP contribution in [-0.2, 0) is 24.1 Å². The number of carbonyl (C=O) groups is 2. The molecule has 4 nitrogen and oxygen atoms in total. The van der Waals surface area contributed by atoms with Crippen LogP contribution in [0, 0.1) is 19.8 Å². The summed E-state index contributed by atoms with van der Waals surface area (Å²) in [5.74, 6) is 0.0423. The maximum atomic E-state index is 12.8. The number of ether oxygens (including phenoxy) is 1. The molecule has 1 aliphatic carbocycles. The molecule has 0 N–H and O–H groups in total. The molecule has 1 aromatic carbocycles. The average Bonchev–Trinajstić information content (AvgIpc) is 3.29. The first-order valence-electron chi connectivity index (χ1n) is 10.6. The van der Waals surface area contributed by atoms with Crippen molar-refractivity contribution < 1.29 is 14.3 Å². The first kappa shape index (κ1) is 21.8. The summed E-state index contributed by atoms with van der Waals surface area (Å²) in [6.07, 6.45) is 3.19. The number of esters is 1. The van der Waals surface area contributed by atoms with Crippen molar-refractivity contribution in [3.63, 3.8) is 0 Å². The molecule has 0 spiro atoms. The Labute approximate surface area is 191 Å². The fourth-order valence-corrected chi connectivity index (χ4v) is 5.51. The lowest BCUT2D eigenvalue weighted by molar-refractivity contribution is 0.0479. The van der Waals surface area contributed by atoms with E-state index in [0.717, 1.165) is 36.2 Å². The van der Waals surface area contributed by atoms with E-state index < -0.39 is 5.97 Å². The van der Waals surface area contributed by atoms with Crippen LogP contribution in [0.25, 0.3) is 0 Å². The lowest BCUT2D eigenvalue weighted by Crippen LogP contribution is -2.14. The third kappa shape index (κ3) is 4.63. The summed E-state index contributed by atoms with van der Waals surface area (Å²) in [4.78, 5) is 27.2. The van der Waals surface area contributed by atoms with Gasteiger partial charge in [0.15, 0.2) is 6.61 Å². The van der Waals surface area contributed by atoms with E-state index in [1.165, 1.54) is 21.8 Å². The van der Waals surface area contributed by atoms with Gasteiger partial charge in [0.25, 0.3) is 0 Å². The summed E-state index contributed by atoms with van der Waals surface area (Å²) in [6, 6.07) is 11.5. The number of nitrogens with zero attached hydrogens (tertiary/aromatic N) is 1. The van der Waals surface area contributed by atoms with Crippen LogP contribution in [0.15, 0.2) is 36.4 Å². The Bertz CT molecular complexity index is 1140. The molecule has 6 heteroatoms. The standard InChI is InChI=1S/C25H26ClNO3S/c1-15-8-9-23-19(10-15)12-24(31-23)25(29)30-14-22(28)20-11-16(2)27(17(20)3)13-18-6-4-5-7-21(18)26/h4-7,11-12,15H,8-10,13-14H2,1-3H3/t15-/m1/s1. The second-order valence-corrected chi connectivity index (χ2v) is 9.91. The Kier molecular flexibility index (Phi) is 6.35. The van der Waals surface area contributed by atoms with Crippen molar-refractivity contribution in [1.82, 2.24) is 4.57 Å². The molecule has 1 aliphatic rings. The molecular formula is C25H26ClNO3S. The first-order valence-corrected chi connectivity index (χ1v) is 11.7. The van der Waals surface area contributed by atoms with Crippen LogP contribution in [-0.4, -0.2) is 22.9 Å². The number of fused-ring (bicyclic) bond motifs is 1. The Hall–Kier alpha value is -2.37. The van der Waals surface area contributed by atoms with Gasteiger partial charge in [-0.1, -0.05) is 36.7 Å². The van der Waals surface area contributed by atoms with Gasteiger partial charge >= 0.3 is 5.97 Å². The molecule has 2 aromatic heterocycles. The van der Waals surface area contributed by atoms with Crippen molar-refractivity contribution in [1.29, 1.82) is 0 Å². The summed E-state index contributed by atoms with van der Waals surface area (Å²) in [7, 11) is 0. The Morgan fingerprint density at radius 3 is 2.77 bits per heavy atom. The molecular weight excluding hydrogens is 430 g/mol. The highest BCUT2D eigenvalue weighted by Crippen LogP contribution is 2.32. The van der Waals surface area contributed by atoms with Crippen molar-refractivity contribution in [3.05, 3.63) is 79.3 Å². The van der Waals surface area contributed by atoms with E-state index in [-0.39, 0.29) is 12.4 Å². The summed E-state index contributed by atoms with van der Waals surface area (Å²) >= 11 is 7.80. The number of hydrogen-bond donors (Lipinski definition) is 0. The number of thiophene rings is 1. The zero-order valence-corrected chi connectivity index (χ0v) is 19.6. The Balaban J connectivity index is 1.43. The molecule has 162 valence electrons. The molecule has 31 heavy (non-hydrogen) atoms. The number of ketones is 1. The number of carbonyl (C=O) groups excluding carboxylic acids is 2. The van der Waals surface area contributed by atoms with Gasteiger partial charge in [0.2, 0.25) is 5.78 Å². The molecule has 0 unspecified atom stereocenters. The third-order valence-corrected chi connectivity index (χ3v) is 7.61. The second-order valence-electron chi connectivity index (χ2n) is 8.37. The van der Waals surface area contributed by atoms with Crippen molar-refractivity contribution in [3.8, 4) is 0 Å². The fourth-order valence-electron chi connectivity index (χ4n) is 4.21. The predicted molar refractivity (Wildman–Crippen MR) is 125 cm³/mol. The highest BCUT2D eigenvalue weighted by atomic mass is 35.5. The smallest absolute Gasteiger partial charge is 0.348 e. The van der Waals surface area contributed by atoms with E-state index in [2.05, 4.69) is 11.5 Å². The van der Waals surface area contributed by atoms with Crippen LogP contribution in [0.2, 0.25) is 5.02 Å². The summed E-state index contributed by atoms with van der Waals surface area (Å²) in [6.45, 7) is 6.44. The van der Waals surface area contributed by atoms with Crippen LogP contribution in [0.4, 0.5) is 0 Å². The molecule has 3 aromatic rings. The lowest BCUT2D eigenvalue weighted by Gasteiger charge is -2.16. The van der Waals surface area contributed by atoms with Crippen LogP contribution < -0.4 is 0 Å². The molecule has 0 aliphatic heterocycles. The maximum absolute atomic E-state index is 12.8. The monoisotopic (exact) mass is 455 g/mol. The van der Waals surface area contributed by atoms with Gasteiger partial charge in [-0.2, -0.15) is 0 Å². The summed E-state index contributed by atoms with van der Waals surface area (Å²) < 4.78 is 7.44. The van der Waals surface area contributed by atoms with Gasteiger partial charge < -0.3 is 9.30 Å². The molecule has 1 atom stereocenters. The maximum Gasteiger partial charge on any atom is 0.348 e. The number of aryl methyl sites for hydroxylation is 2. The highest BCUT2D eigenvalue weighted by Gasteiger charge is 2.23. The Morgan fingerprint density at radius 1 is 1.23 bits per heavy atom. The van der Waals surface area contributed by atoms with E-state index in [0.29, 0.717) is 27.9 Å². The van der Waals surface area contributed by atoms with Gasteiger partial charge in [0.05, 0.1) is 0 Å². The van der Waals surface area contributed by atoms with E-state index in [1.54, 1.807) is 0 Å². The van der Waals surface area contributed by atoms with E-state index in [9.17, 15) is 9.59 Å². The van der Waals surface area contributed by atoms with E-state index in [4.69, 9.17) is 16.3 Å². The van der Waals surface area contributed by atoms with Gasteiger partial charge in [-0.25, -0.2) is 4.79 Å². The fraction of sp³-hybridized carbons (Fsp3) is 0.360. The number of rotatable bonds is 6. The van der Waals surface area contributed by atoms with Crippen molar-refractivity contribution in [2.45, 2.75) is 46.6 Å². The van der Waals surface area contributed by atoms with Gasteiger partial charge in [-0.3, -0.25) is 4.79 Å². The number of halogens is 1.